The minimum Gasteiger partial charge on any atom is -0.481 e. The number of halogens is 1. The van der Waals surface area contributed by atoms with Crippen molar-refractivity contribution >= 4 is 11.9 Å². The highest BCUT2D eigenvalue weighted by Crippen LogP contribution is 2.31. The summed E-state index contributed by atoms with van der Waals surface area (Å²) in [5, 5.41) is 13.6. The first-order valence-corrected chi connectivity index (χ1v) is 8.16. The molecule has 0 saturated carbocycles. The average Bonchev–Trinajstić information content (AvgIpc) is 2.96. The number of rotatable bonds is 3. The largest absolute Gasteiger partial charge is 0.481 e. The molecule has 132 valence electrons. The number of carboxylic acid groups (broad SMARTS) is 1. The summed E-state index contributed by atoms with van der Waals surface area (Å²) in [4.78, 5) is 25.9. The van der Waals surface area contributed by atoms with Gasteiger partial charge in [-0.2, -0.15) is 5.10 Å². The van der Waals surface area contributed by atoms with E-state index in [1.807, 2.05) is 0 Å². The van der Waals surface area contributed by atoms with Gasteiger partial charge in [0.15, 0.2) is 0 Å². The molecular formula is C18H20FN3O3. The molecule has 7 heteroatoms. The number of carboxylic acids is 1. The molecule has 1 fully saturated rings. The van der Waals surface area contributed by atoms with E-state index in [4.69, 9.17) is 0 Å². The Hall–Kier alpha value is -2.70. The van der Waals surface area contributed by atoms with Crippen molar-refractivity contribution in [2.24, 2.45) is 5.41 Å². The maximum Gasteiger partial charge on any atom is 0.311 e. The van der Waals surface area contributed by atoms with Gasteiger partial charge in [0, 0.05) is 13.1 Å². The predicted molar refractivity (Wildman–Crippen MR) is 89.1 cm³/mol. The third-order valence-corrected chi connectivity index (χ3v) is 4.82. The number of benzene rings is 1. The third-order valence-electron chi connectivity index (χ3n) is 4.82. The van der Waals surface area contributed by atoms with E-state index in [1.54, 1.807) is 36.9 Å². The fourth-order valence-corrected chi connectivity index (χ4v) is 3.24. The van der Waals surface area contributed by atoms with Crippen molar-refractivity contribution in [3.05, 3.63) is 47.5 Å². The highest BCUT2D eigenvalue weighted by Gasteiger charge is 2.40. The SMILES string of the molecule is Cc1c(C(=O)N2CCCC(C)(C(=O)O)C2)cnn1-c1ccccc1F. The van der Waals surface area contributed by atoms with Crippen LogP contribution < -0.4 is 0 Å². The second kappa shape index (κ2) is 6.31. The topological polar surface area (TPSA) is 75.4 Å². The second-order valence-electron chi connectivity index (χ2n) is 6.70. The van der Waals surface area contributed by atoms with Crippen LogP contribution in [-0.2, 0) is 4.79 Å². The second-order valence-corrected chi connectivity index (χ2v) is 6.70. The van der Waals surface area contributed by atoms with E-state index in [0.29, 0.717) is 30.6 Å². The molecule has 1 amide bonds. The van der Waals surface area contributed by atoms with E-state index in [0.717, 1.165) is 0 Å². The molecule has 1 atom stereocenters. The van der Waals surface area contributed by atoms with Crippen molar-refractivity contribution in [2.45, 2.75) is 26.7 Å². The number of piperidine rings is 1. The van der Waals surface area contributed by atoms with Crippen LogP contribution in [-0.4, -0.2) is 44.8 Å². The quantitative estimate of drug-likeness (QED) is 0.928. The summed E-state index contributed by atoms with van der Waals surface area (Å²) in [7, 11) is 0. The number of likely N-dealkylation sites (tertiary alicyclic amines) is 1. The number of carbonyl (C=O) groups excluding carboxylic acids is 1. The van der Waals surface area contributed by atoms with Gasteiger partial charge in [0.1, 0.15) is 11.5 Å². The minimum absolute atomic E-state index is 0.158. The van der Waals surface area contributed by atoms with Crippen molar-refractivity contribution in [3.63, 3.8) is 0 Å². The smallest absolute Gasteiger partial charge is 0.311 e. The Morgan fingerprint density at radius 2 is 2.04 bits per heavy atom. The molecule has 6 nitrogen and oxygen atoms in total. The van der Waals surface area contributed by atoms with Crippen LogP contribution in [0.25, 0.3) is 5.69 Å². The number of aromatic nitrogens is 2. The van der Waals surface area contributed by atoms with E-state index in [-0.39, 0.29) is 18.1 Å². The fraction of sp³-hybridized carbons (Fsp3) is 0.389. The number of carbonyl (C=O) groups is 2. The highest BCUT2D eigenvalue weighted by molar-refractivity contribution is 5.95. The molecule has 0 radical (unpaired) electrons. The van der Waals surface area contributed by atoms with Gasteiger partial charge in [0.2, 0.25) is 0 Å². The van der Waals surface area contributed by atoms with Gasteiger partial charge in [-0.15, -0.1) is 0 Å². The van der Waals surface area contributed by atoms with Crippen LogP contribution in [0, 0.1) is 18.2 Å². The first-order chi connectivity index (χ1) is 11.8. The molecule has 1 unspecified atom stereocenters. The van der Waals surface area contributed by atoms with E-state index in [1.165, 1.54) is 16.9 Å². The molecule has 0 spiro atoms. The number of amides is 1. The molecule has 0 aliphatic carbocycles. The number of nitrogens with zero attached hydrogens (tertiary/aromatic N) is 3. The van der Waals surface area contributed by atoms with Crippen molar-refractivity contribution in [2.75, 3.05) is 13.1 Å². The molecule has 1 saturated heterocycles. The molecule has 1 aromatic carbocycles. The summed E-state index contributed by atoms with van der Waals surface area (Å²) < 4.78 is 15.4. The zero-order chi connectivity index (χ0) is 18.2. The summed E-state index contributed by atoms with van der Waals surface area (Å²) in [6.07, 6.45) is 2.59. The molecule has 3 rings (SSSR count). The fourth-order valence-electron chi connectivity index (χ4n) is 3.24. The van der Waals surface area contributed by atoms with E-state index >= 15 is 0 Å². The third kappa shape index (κ3) is 3.01. The van der Waals surface area contributed by atoms with Crippen molar-refractivity contribution in [3.8, 4) is 5.69 Å². The monoisotopic (exact) mass is 345 g/mol. The molecule has 2 aromatic rings. The van der Waals surface area contributed by atoms with Crippen LogP contribution in [0.15, 0.2) is 30.5 Å². The maximum absolute atomic E-state index is 14.0. The van der Waals surface area contributed by atoms with Gasteiger partial charge in [0.05, 0.1) is 22.9 Å². The first-order valence-electron chi connectivity index (χ1n) is 8.16. The lowest BCUT2D eigenvalue weighted by Gasteiger charge is -2.37. The molecular weight excluding hydrogens is 325 g/mol. The zero-order valence-electron chi connectivity index (χ0n) is 14.2. The van der Waals surface area contributed by atoms with Gasteiger partial charge >= 0.3 is 5.97 Å². The standard InChI is InChI=1S/C18H20FN3O3/c1-12-13(10-20-22(12)15-7-4-3-6-14(15)19)16(23)21-9-5-8-18(2,11-21)17(24)25/h3-4,6-7,10H,5,8-9,11H2,1-2H3,(H,24,25). The van der Waals surface area contributed by atoms with Crippen molar-refractivity contribution in [1.82, 2.24) is 14.7 Å². The molecule has 1 aliphatic rings. The number of para-hydroxylation sites is 1. The summed E-state index contributed by atoms with van der Waals surface area (Å²) in [5.41, 5.74) is 0.215. The van der Waals surface area contributed by atoms with Crippen LogP contribution in [0.3, 0.4) is 0 Å². The average molecular weight is 345 g/mol. The molecule has 1 N–H and O–H groups in total. The van der Waals surface area contributed by atoms with E-state index < -0.39 is 17.2 Å². The lowest BCUT2D eigenvalue weighted by atomic mass is 9.82. The molecule has 1 aromatic heterocycles. The lowest BCUT2D eigenvalue weighted by Crippen LogP contribution is -2.48. The Morgan fingerprint density at radius 1 is 1.32 bits per heavy atom. The van der Waals surface area contributed by atoms with Crippen LogP contribution in [0.1, 0.15) is 35.8 Å². The highest BCUT2D eigenvalue weighted by atomic mass is 19.1. The van der Waals surface area contributed by atoms with Crippen LogP contribution in [0.2, 0.25) is 0 Å². The summed E-state index contributed by atoms with van der Waals surface area (Å²) >= 11 is 0. The Kier molecular flexibility index (Phi) is 4.32. The van der Waals surface area contributed by atoms with Crippen LogP contribution in [0.5, 0.6) is 0 Å². The lowest BCUT2D eigenvalue weighted by molar-refractivity contribution is -0.150. The van der Waals surface area contributed by atoms with Crippen LogP contribution in [0.4, 0.5) is 4.39 Å². The summed E-state index contributed by atoms with van der Waals surface area (Å²) in [5.74, 6) is -1.60. The number of hydrogen-bond donors (Lipinski definition) is 1. The number of aliphatic carboxylic acids is 1. The van der Waals surface area contributed by atoms with Gasteiger partial charge < -0.3 is 10.0 Å². The van der Waals surface area contributed by atoms with Gasteiger partial charge in [-0.05, 0) is 38.8 Å². The molecule has 2 heterocycles. The Morgan fingerprint density at radius 3 is 2.72 bits per heavy atom. The number of hydrogen-bond acceptors (Lipinski definition) is 3. The normalized spacial score (nSPS) is 20.5. The Bertz CT molecular complexity index is 833. The van der Waals surface area contributed by atoms with Crippen molar-refractivity contribution in [1.29, 1.82) is 0 Å². The Labute approximate surface area is 144 Å². The van der Waals surface area contributed by atoms with Gasteiger partial charge in [-0.25, -0.2) is 9.07 Å². The predicted octanol–water partition coefficient (Wildman–Crippen LogP) is 2.65. The van der Waals surface area contributed by atoms with E-state index in [2.05, 4.69) is 5.10 Å². The van der Waals surface area contributed by atoms with Gasteiger partial charge in [-0.1, -0.05) is 12.1 Å². The molecule has 25 heavy (non-hydrogen) atoms. The maximum atomic E-state index is 14.0. The minimum atomic E-state index is -0.941. The van der Waals surface area contributed by atoms with Gasteiger partial charge in [-0.3, -0.25) is 9.59 Å². The summed E-state index contributed by atoms with van der Waals surface area (Å²) in [6.45, 7) is 4.02. The Balaban J connectivity index is 1.89. The van der Waals surface area contributed by atoms with Crippen molar-refractivity contribution < 1.29 is 19.1 Å². The van der Waals surface area contributed by atoms with Crippen LogP contribution >= 0.6 is 0 Å². The molecule has 1 aliphatic heterocycles. The first kappa shape index (κ1) is 17.1. The summed E-state index contributed by atoms with van der Waals surface area (Å²) in [6, 6.07) is 6.21. The molecule has 0 bridgehead atoms. The zero-order valence-corrected chi connectivity index (χ0v) is 14.2. The van der Waals surface area contributed by atoms with E-state index in [9.17, 15) is 19.1 Å². The van der Waals surface area contributed by atoms with Gasteiger partial charge in [0.25, 0.3) is 5.91 Å².